The van der Waals surface area contributed by atoms with Crippen molar-refractivity contribution in [3.05, 3.63) is 35.4 Å². The third-order valence-electron chi connectivity index (χ3n) is 3.95. The van der Waals surface area contributed by atoms with Gasteiger partial charge < -0.3 is 15.8 Å². The minimum absolute atomic E-state index is 0. The fourth-order valence-electron chi connectivity index (χ4n) is 2.71. The molecule has 3 N–H and O–H groups in total. The van der Waals surface area contributed by atoms with Gasteiger partial charge in [0.2, 0.25) is 5.91 Å². The summed E-state index contributed by atoms with van der Waals surface area (Å²) in [5, 5.41) is 3.02. The van der Waals surface area contributed by atoms with Gasteiger partial charge in [0.1, 0.15) is 0 Å². The maximum absolute atomic E-state index is 11.9. The number of nitrogens with two attached hydrogens (primary N) is 1. The second-order valence-corrected chi connectivity index (χ2v) is 6.06. The molecule has 0 bridgehead atoms. The number of rotatable bonds is 6. The van der Waals surface area contributed by atoms with E-state index in [1.54, 1.807) is 0 Å². The first-order chi connectivity index (χ1) is 10.6. The van der Waals surface area contributed by atoms with Gasteiger partial charge in [-0.15, -0.1) is 24.8 Å². The second-order valence-electron chi connectivity index (χ2n) is 6.06. The van der Waals surface area contributed by atoms with Gasteiger partial charge in [0.25, 0.3) is 0 Å². The van der Waals surface area contributed by atoms with Crippen molar-refractivity contribution in [1.29, 1.82) is 0 Å². The molecule has 1 amide bonds. The average molecular weight is 378 g/mol. The van der Waals surface area contributed by atoms with Crippen molar-refractivity contribution in [1.82, 2.24) is 10.2 Å². The summed E-state index contributed by atoms with van der Waals surface area (Å²) in [6, 6.07) is 8.60. The van der Waals surface area contributed by atoms with Crippen LogP contribution in [0.5, 0.6) is 0 Å². The molecule has 0 radical (unpaired) electrons. The number of carbonyl (C=O) groups is 1. The highest BCUT2D eigenvalue weighted by atomic mass is 35.5. The number of ether oxygens (including phenoxy) is 1. The SMILES string of the molecule is Cc1ccc(C(CNC(=O)CC(C)N)N2CCOCC2)cc1.Cl.Cl. The van der Waals surface area contributed by atoms with Gasteiger partial charge in [0.05, 0.1) is 19.3 Å². The Hall–Kier alpha value is -0.850. The van der Waals surface area contributed by atoms with Crippen LogP contribution in [0.25, 0.3) is 0 Å². The monoisotopic (exact) mass is 377 g/mol. The molecular weight excluding hydrogens is 349 g/mol. The van der Waals surface area contributed by atoms with Crippen LogP contribution in [0.3, 0.4) is 0 Å². The first-order valence-corrected chi connectivity index (χ1v) is 7.97. The van der Waals surface area contributed by atoms with E-state index >= 15 is 0 Å². The largest absolute Gasteiger partial charge is 0.379 e. The Kier molecular flexibility index (Phi) is 11.2. The van der Waals surface area contributed by atoms with Crippen LogP contribution in [-0.2, 0) is 9.53 Å². The molecule has 1 aliphatic rings. The Morgan fingerprint density at radius 2 is 1.83 bits per heavy atom. The molecule has 138 valence electrons. The van der Waals surface area contributed by atoms with E-state index < -0.39 is 0 Å². The van der Waals surface area contributed by atoms with Crippen LogP contribution in [0, 0.1) is 6.92 Å². The van der Waals surface area contributed by atoms with Gasteiger partial charge in [-0.05, 0) is 19.4 Å². The number of nitrogens with one attached hydrogen (secondary N) is 1. The lowest BCUT2D eigenvalue weighted by atomic mass is 10.0. The summed E-state index contributed by atoms with van der Waals surface area (Å²) < 4.78 is 5.44. The Balaban J connectivity index is 0.00000264. The Bertz CT molecular complexity index is 477. The summed E-state index contributed by atoms with van der Waals surface area (Å²) in [5.74, 6) is 0.0142. The second kappa shape index (κ2) is 11.7. The van der Waals surface area contributed by atoms with Crippen molar-refractivity contribution in [2.45, 2.75) is 32.4 Å². The number of benzene rings is 1. The number of nitrogens with zero attached hydrogens (tertiary/aromatic N) is 1. The number of morpholine rings is 1. The van der Waals surface area contributed by atoms with Gasteiger partial charge in [-0.3, -0.25) is 9.69 Å². The van der Waals surface area contributed by atoms with Crippen molar-refractivity contribution in [2.75, 3.05) is 32.8 Å². The van der Waals surface area contributed by atoms with E-state index in [9.17, 15) is 4.79 Å². The summed E-state index contributed by atoms with van der Waals surface area (Å²) in [7, 11) is 0. The molecule has 0 aromatic heterocycles. The van der Waals surface area contributed by atoms with E-state index in [-0.39, 0.29) is 42.8 Å². The van der Waals surface area contributed by atoms with Crippen molar-refractivity contribution < 1.29 is 9.53 Å². The predicted octanol–water partition coefficient (Wildman–Crippen LogP) is 2.07. The van der Waals surface area contributed by atoms with E-state index in [2.05, 4.69) is 41.4 Å². The zero-order valence-corrected chi connectivity index (χ0v) is 16.0. The number of carbonyl (C=O) groups excluding carboxylic acids is 1. The average Bonchev–Trinajstić information content (AvgIpc) is 2.49. The number of hydrogen-bond donors (Lipinski definition) is 2. The first-order valence-electron chi connectivity index (χ1n) is 7.97. The summed E-state index contributed by atoms with van der Waals surface area (Å²) in [6.45, 7) is 7.81. The molecule has 2 unspecified atom stereocenters. The van der Waals surface area contributed by atoms with E-state index in [1.807, 2.05) is 6.92 Å². The zero-order chi connectivity index (χ0) is 15.9. The third-order valence-corrected chi connectivity index (χ3v) is 3.95. The first kappa shape index (κ1) is 23.1. The van der Waals surface area contributed by atoms with Crippen LogP contribution < -0.4 is 11.1 Å². The fraction of sp³-hybridized carbons (Fsp3) is 0.588. The highest BCUT2D eigenvalue weighted by Gasteiger charge is 2.23. The molecule has 0 spiro atoms. The fourth-order valence-corrected chi connectivity index (χ4v) is 2.71. The normalized spacial score (nSPS) is 17.1. The smallest absolute Gasteiger partial charge is 0.221 e. The summed E-state index contributed by atoms with van der Waals surface area (Å²) in [6.07, 6.45) is 0.365. The van der Waals surface area contributed by atoms with Crippen LogP contribution in [0.1, 0.15) is 30.5 Å². The number of aryl methyl sites for hydroxylation is 1. The van der Waals surface area contributed by atoms with Gasteiger partial charge in [0, 0.05) is 32.1 Å². The molecule has 5 nitrogen and oxygen atoms in total. The molecule has 7 heteroatoms. The third kappa shape index (κ3) is 7.36. The minimum atomic E-state index is -0.110. The van der Waals surface area contributed by atoms with Gasteiger partial charge in [-0.1, -0.05) is 29.8 Å². The molecule has 24 heavy (non-hydrogen) atoms. The van der Waals surface area contributed by atoms with Crippen molar-refractivity contribution >= 4 is 30.7 Å². The Labute approximate surface area is 157 Å². The molecule has 2 rings (SSSR count). The predicted molar refractivity (Wildman–Crippen MR) is 102 cm³/mol. The van der Waals surface area contributed by atoms with Crippen LogP contribution in [0.2, 0.25) is 0 Å². The van der Waals surface area contributed by atoms with Crippen molar-refractivity contribution in [3.63, 3.8) is 0 Å². The quantitative estimate of drug-likeness (QED) is 0.795. The molecule has 1 fully saturated rings. The topological polar surface area (TPSA) is 67.6 Å². The molecular formula is C17H29Cl2N3O2. The number of hydrogen-bond acceptors (Lipinski definition) is 4. The lowest BCUT2D eigenvalue weighted by molar-refractivity contribution is -0.121. The van der Waals surface area contributed by atoms with Gasteiger partial charge in [-0.2, -0.15) is 0 Å². The van der Waals surface area contributed by atoms with Crippen molar-refractivity contribution in [3.8, 4) is 0 Å². The number of halogens is 2. The van der Waals surface area contributed by atoms with E-state index in [0.29, 0.717) is 13.0 Å². The van der Waals surface area contributed by atoms with E-state index in [0.717, 1.165) is 26.3 Å². The minimum Gasteiger partial charge on any atom is -0.379 e. The van der Waals surface area contributed by atoms with Crippen LogP contribution in [0.4, 0.5) is 0 Å². The molecule has 1 saturated heterocycles. The highest BCUT2D eigenvalue weighted by molar-refractivity contribution is 5.85. The maximum atomic E-state index is 11.9. The molecule has 1 aromatic carbocycles. The zero-order valence-electron chi connectivity index (χ0n) is 14.4. The van der Waals surface area contributed by atoms with Crippen LogP contribution >= 0.6 is 24.8 Å². The molecule has 0 aliphatic carbocycles. The van der Waals surface area contributed by atoms with Gasteiger partial charge >= 0.3 is 0 Å². The van der Waals surface area contributed by atoms with Crippen LogP contribution in [-0.4, -0.2) is 49.7 Å². The van der Waals surface area contributed by atoms with E-state index in [4.69, 9.17) is 10.5 Å². The molecule has 1 aliphatic heterocycles. The summed E-state index contributed by atoms with van der Waals surface area (Å²) in [4.78, 5) is 14.3. The Morgan fingerprint density at radius 3 is 2.38 bits per heavy atom. The van der Waals surface area contributed by atoms with Crippen molar-refractivity contribution in [2.24, 2.45) is 5.73 Å². The summed E-state index contributed by atoms with van der Waals surface area (Å²) in [5.41, 5.74) is 8.15. The lowest BCUT2D eigenvalue weighted by Gasteiger charge is -2.35. The maximum Gasteiger partial charge on any atom is 0.221 e. The summed E-state index contributed by atoms with van der Waals surface area (Å²) >= 11 is 0. The highest BCUT2D eigenvalue weighted by Crippen LogP contribution is 2.21. The van der Waals surface area contributed by atoms with Gasteiger partial charge in [0.15, 0.2) is 0 Å². The van der Waals surface area contributed by atoms with Gasteiger partial charge in [-0.25, -0.2) is 0 Å². The van der Waals surface area contributed by atoms with Crippen LogP contribution in [0.15, 0.2) is 24.3 Å². The molecule has 2 atom stereocenters. The lowest BCUT2D eigenvalue weighted by Crippen LogP contribution is -2.44. The number of amides is 1. The molecule has 0 saturated carbocycles. The Morgan fingerprint density at radius 1 is 1.25 bits per heavy atom. The molecule has 1 heterocycles. The van der Waals surface area contributed by atoms with E-state index in [1.165, 1.54) is 11.1 Å². The molecule has 1 aromatic rings. The standard InChI is InChI=1S/C17H27N3O2.2ClH/c1-13-3-5-15(6-4-13)16(20-7-9-22-10-8-20)12-19-17(21)11-14(2)18;;/h3-6,14,16H,7-12,18H2,1-2H3,(H,19,21);2*1H.